The van der Waals surface area contributed by atoms with Crippen molar-refractivity contribution >= 4 is 11.6 Å². The Balaban J connectivity index is 2.08. The molecular weight excluding hydrogens is 312 g/mol. The second-order valence-electron chi connectivity index (χ2n) is 7.01. The van der Waals surface area contributed by atoms with E-state index in [-0.39, 0.29) is 17.6 Å². The van der Waals surface area contributed by atoms with Gasteiger partial charge >= 0.3 is 0 Å². The van der Waals surface area contributed by atoms with E-state index in [9.17, 15) is 9.90 Å². The highest BCUT2D eigenvalue weighted by molar-refractivity contribution is 5.85. The molecule has 0 heterocycles. The Bertz CT molecular complexity index is 503. The number of phenolic OH excluding ortho intramolecular Hbond substituents is 1. The van der Waals surface area contributed by atoms with Crippen molar-refractivity contribution in [1.29, 1.82) is 0 Å². The summed E-state index contributed by atoms with van der Waals surface area (Å²) in [6, 6.07) is 4.77. The summed E-state index contributed by atoms with van der Waals surface area (Å²) >= 11 is 0. The molecule has 0 aliphatic carbocycles. The predicted octanol–water partition coefficient (Wildman–Crippen LogP) is 5.12. The molecular formula is C21H36N2O2. The number of unbranched alkanes of at least 4 members (excludes halogenated alkanes) is 9. The minimum absolute atomic E-state index is 0.00619. The molecule has 0 aliphatic heterocycles. The van der Waals surface area contributed by atoms with Gasteiger partial charge in [0.05, 0.1) is 5.92 Å². The first-order chi connectivity index (χ1) is 12.1. The molecule has 4 N–H and O–H groups in total. The van der Waals surface area contributed by atoms with Gasteiger partial charge in [0.2, 0.25) is 5.91 Å². The predicted molar refractivity (Wildman–Crippen MR) is 106 cm³/mol. The Morgan fingerprint density at radius 1 is 1.04 bits per heavy atom. The first-order valence-electron chi connectivity index (χ1n) is 9.92. The molecule has 1 atom stereocenters. The van der Waals surface area contributed by atoms with E-state index in [1.54, 1.807) is 12.1 Å². The fourth-order valence-corrected chi connectivity index (χ4v) is 3.07. The van der Waals surface area contributed by atoms with Crippen molar-refractivity contribution in [2.75, 3.05) is 12.3 Å². The number of nitrogens with two attached hydrogens (primary N) is 1. The molecule has 142 valence electrons. The maximum atomic E-state index is 12.2. The quantitative estimate of drug-likeness (QED) is 0.342. The van der Waals surface area contributed by atoms with Gasteiger partial charge in [-0.1, -0.05) is 70.8 Å². The molecule has 0 spiro atoms. The summed E-state index contributed by atoms with van der Waals surface area (Å²) in [5.41, 5.74) is 7.10. The monoisotopic (exact) mass is 348 g/mol. The number of nitrogen functional groups attached to an aromatic ring is 1. The summed E-state index contributed by atoms with van der Waals surface area (Å²) in [5, 5.41) is 12.4. The van der Waals surface area contributed by atoms with Crippen molar-refractivity contribution in [3.63, 3.8) is 0 Å². The lowest BCUT2D eigenvalue weighted by atomic mass is 9.98. The third-order valence-corrected chi connectivity index (χ3v) is 4.76. The van der Waals surface area contributed by atoms with E-state index in [0.29, 0.717) is 5.69 Å². The Hall–Kier alpha value is -1.71. The third-order valence-electron chi connectivity index (χ3n) is 4.76. The molecule has 25 heavy (non-hydrogen) atoms. The van der Waals surface area contributed by atoms with Gasteiger partial charge in [-0.15, -0.1) is 0 Å². The van der Waals surface area contributed by atoms with Gasteiger partial charge in [0.25, 0.3) is 0 Å². The highest BCUT2D eigenvalue weighted by Gasteiger charge is 2.17. The second kappa shape index (κ2) is 12.6. The maximum Gasteiger partial charge on any atom is 0.227 e. The van der Waals surface area contributed by atoms with Crippen LogP contribution in [0, 0.1) is 0 Å². The van der Waals surface area contributed by atoms with Crippen LogP contribution in [0.2, 0.25) is 0 Å². The van der Waals surface area contributed by atoms with Crippen LogP contribution in [0.25, 0.3) is 0 Å². The van der Waals surface area contributed by atoms with E-state index in [1.165, 1.54) is 63.9 Å². The lowest BCUT2D eigenvalue weighted by Gasteiger charge is -2.14. The Kier molecular flexibility index (Phi) is 10.8. The molecule has 4 nitrogen and oxygen atoms in total. The van der Waals surface area contributed by atoms with Gasteiger partial charge in [-0.25, -0.2) is 0 Å². The SMILES string of the molecule is CCCCCCCCCCCCNC(=O)C(C)c1ccc(O)cc1N. The number of phenols is 1. The lowest BCUT2D eigenvalue weighted by Crippen LogP contribution is -2.29. The zero-order chi connectivity index (χ0) is 18.5. The number of hydrogen-bond acceptors (Lipinski definition) is 3. The van der Waals surface area contributed by atoms with Gasteiger partial charge in [-0.2, -0.15) is 0 Å². The highest BCUT2D eigenvalue weighted by atomic mass is 16.3. The largest absolute Gasteiger partial charge is 0.508 e. The third kappa shape index (κ3) is 8.80. The molecule has 1 unspecified atom stereocenters. The number of aromatic hydroxyl groups is 1. The first-order valence-corrected chi connectivity index (χ1v) is 9.92. The summed E-state index contributed by atoms with van der Waals surface area (Å²) in [7, 11) is 0. The number of amides is 1. The van der Waals surface area contributed by atoms with Crippen molar-refractivity contribution in [1.82, 2.24) is 5.32 Å². The van der Waals surface area contributed by atoms with Gasteiger partial charge in [-0.3, -0.25) is 4.79 Å². The summed E-state index contributed by atoms with van der Waals surface area (Å²) in [5.74, 6) is -0.184. The van der Waals surface area contributed by atoms with Crippen LogP contribution in [0.15, 0.2) is 18.2 Å². The average molecular weight is 349 g/mol. The molecule has 0 saturated heterocycles. The smallest absolute Gasteiger partial charge is 0.227 e. The molecule has 0 radical (unpaired) electrons. The number of nitrogens with one attached hydrogen (secondary N) is 1. The number of carbonyl (C=O) groups excluding carboxylic acids is 1. The topological polar surface area (TPSA) is 75.3 Å². The van der Waals surface area contributed by atoms with Crippen molar-refractivity contribution in [2.24, 2.45) is 0 Å². The standard InChI is InChI=1S/C21H36N2O2/c1-3-4-5-6-7-8-9-10-11-12-15-23-21(25)17(2)19-14-13-18(24)16-20(19)22/h13-14,16-17,24H,3-12,15,22H2,1-2H3,(H,23,25). The van der Waals surface area contributed by atoms with Crippen LogP contribution in [0.3, 0.4) is 0 Å². The van der Waals surface area contributed by atoms with Crippen LogP contribution >= 0.6 is 0 Å². The zero-order valence-electron chi connectivity index (χ0n) is 16.0. The van der Waals surface area contributed by atoms with Crippen LogP contribution in [0.5, 0.6) is 5.75 Å². The van der Waals surface area contributed by atoms with Crippen molar-refractivity contribution in [3.8, 4) is 5.75 Å². The minimum atomic E-state index is -0.302. The van der Waals surface area contributed by atoms with E-state index in [1.807, 2.05) is 6.92 Å². The van der Waals surface area contributed by atoms with Crippen LogP contribution in [-0.2, 0) is 4.79 Å². The molecule has 1 amide bonds. The molecule has 0 bridgehead atoms. The van der Waals surface area contributed by atoms with Gasteiger partial charge in [-0.05, 0) is 25.0 Å². The Morgan fingerprint density at radius 2 is 1.60 bits per heavy atom. The number of carbonyl (C=O) groups is 1. The Morgan fingerprint density at radius 3 is 2.16 bits per heavy atom. The number of rotatable bonds is 13. The summed E-state index contributed by atoms with van der Waals surface area (Å²) in [6.07, 6.45) is 12.9. The molecule has 0 fully saturated rings. The van der Waals surface area contributed by atoms with E-state index < -0.39 is 0 Å². The van der Waals surface area contributed by atoms with Crippen LogP contribution in [0.4, 0.5) is 5.69 Å². The van der Waals surface area contributed by atoms with E-state index in [4.69, 9.17) is 5.73 Å². The molecule has 1 aromatic rings. The van der Waals surface area contributed by atoms with Gasteiger partial charge < -0.3 is 16.2 Å². The molecule has 0 aromatic heterocycles. The van der Waals surface area contributed by atoms with Crippen molar-refractivity contribution < 1.29 is 9.90 Å². The second-order valence-corrected chi connectivity index (χ2v) is 7.01. The normalized spacial score (nSPS) is 12.1. The number of hydrogen-bond donors (Lipinski definition) is 3. The van der Waals surface area contributed by atoms with Gasteiger partial charge in [0.15, 0.2) is 0 Å². The highest BCUT2D eigenvalue weighted by Crippen LogP contribution is 2.25. The van der Waals surface area contributed by atoms with E-state index in [0.717, 1.165) is 18.5 Å². The molecule has 1 aromatic carbocycles. The molecule has 0 saturated carbocycles. The lowest BCUT2D eigenvalue weighted by molar-refractivity contribution is -0.122. The molecule has 4 heteroatoms. The Labute approximate surface area is 153 Å². The van der Waals surface area contributed by atoms with Crippen LogP contribution in [-0.4, -0.2) is 17.6 Å². The molecule has 1 rings (SSSR count). The van der Waals surface area contributed by atoms with Gasteiger partial charge in [0, 0.05) is 18.3 Å². The first kappa shape index (κ1) is 21.3. The number of benzene rings is 1. The minimum Gasteiger partial charge on any atom is -0.508 e. The van der Waals surface area contributed by atoms with E-state index >= 15 is 0 Å². The fourth-order valence-electron chi connectivity index (χ4n) is 3.07. The van der Waals surface area contributed by atoms with Gasteiger partial charge in [0.1, 0.15) is 5.75 Å². The zero-order valence-corrected chi connectivity index (χ0v) is 16.0. The van der Waals surface area contributed by atoms with Crippen molar-refractivity contribution in [2.45, 2.75) is 84.0 Å². The summed E-state index contributed by atoms with van der Waals surface area (Å²) < 4.78 is 0. The fraction of sp³-hybridized carbons (Fsp3) is 0.667. The number of anilines is 1. The van der Waals surface area contributed by atoms with Crippen molar-refractivity contribution in [3.05, 3.63) is 23.8 Å². The van der Waals surface area contributed by atoms with Crippen LogP contribution < -0.4 is 11.1 Å². The average Bonchev–Trinajstić information content (AvgIpc) is 2.59. The molecule has 0 aliphatic rings. The van der Waals surface area contributed by atoms with E-state index in [2.05, 4.69) is 12.2 Å². The summed E-state index contributed by atoms with van der Waals surface area (Å²) in [6.45, 7) is 4.81. The van der Waals surface area contributed by atoms with Crippen LogP contribution in [0.1, 0.15) is 89.5 Å². The maximum absolute atomic E-state index is 12.2. The summed E-state index contributed by atoms with van der Waals surface area (Å²) in [4.78, 5) is 12.2.